The van der Waals surface area contributed by atoms with Crippen LogP contribution in [0.5, 0.6) is 11.5 Å². The maximum atomic E-state index is 12.3. The third-order valence-electron chi connectivity index (χ3n) is 3.42. The number of carbonyl (C=O) groups is 2. The van der Waals surface area contributed by atoms with E-state index >= 15 is 0 Å². The van der Waals surface area contributed by atoms with Crippen molar-refractivity contribution in [1.29, 1.82) is 0 Å². The Morgan fingerprint density at radius 1 is 1.23 bits per heavy atom. The first-order valence-electron chi connectivity index (χ1n) is 7.40. The third-order valence-corrected chi connectivity index (χ3v) is 4.56. The zero-order chi connectivity index (χ0) is 18.7. The standard InChI is InChI=1S/C18H13ClN2O4S/c1-24-14-8-10(9-15-16(22)21-18(20)26-15)6-7-13(14)25-17(23)11-4-2-3-5-12(11)19/h2-9H,1H3,(H2,20,21,22)/b15-9+. The Labute approximate surface area is 158 Å². The van der Waals surface area contributed by atoms with Gasteiger partial charge >= 0.3 is 5.97 Å². The van der Waals surface area contributed by atoms with Crippen molar-refractivity contribution in [3.05, 3.63) is 63.5 Å². The van der Waals surface area contributed by atoms with Gasteiger partial charge in [0.15, 0.2) is 16.7 Å². The van der Waals surface area contributed by atoms with Crippen molar-refractivity contribution in [2.45, 2.75) is 0 Å². The van der Waals surface area contributed by atoms with E-state index < -0.39 is 5.97 Å². The van der Waals surface area contributed by atoms with Gasteiger partial charge in [-0.1, -0.05) is 29.8 Å². The summed E-state index contributed by atoms with van der Waals surface area (Å²) in [5.41, 5.74) is 6.46. The molecule has 1 aliphatic rings. The number of halogens is 1. The van der Waals surface area contributed by atoms with Gasteiger partial charge in [0.05, 0.1) is 22.6 Å². The molecule has 8 heteroatoms. The summed E-state index contributed by atoms with van der Waals surface area (Å²) in [6.07, 6.45) is 1.64. The molecule has 2 aromatic rings. The summed E-state index contributed by atoms with van der Waals surface area (Å²) < 4.78 is 10.7. The van der Waals surface area contributed by atoms with E-state index in [1.165, 1.54) is 7.11 Å². The Hall–Kier alpha value is -2.77. The van der Waals surface area contributed by atoms with Crippen LogP contribution < -0.4 is 15.2 Å². The average Bonchev–Trinajstić information content (AvgIpc) is 2.93. The number of hydrogen-bond acceptors (Lipinski definition) is 6. The molecule has 0 saturated carbocycles. The van der Waals surface area contributed by atoms with Crippen LogP contribution in [0.2, 0.25) is 5.02 Å². The van der Waals surface area contributed by atoms with Crippen LogP contribution in [0.4, 0.5) is 0 Å². The fraction of sp³-hybridized carbons (Fsp3) is 0.0556. The largest absolute Gasteiger partial charge is 0.493 e. The smallest absolute Gasteiger partial charge is 0.345 e. The number of esters is 1. The molecule has 26 heavy (non-hydrogen) atoms. The second-order valence-electron chi connectivity index (χ2n) is 5.15. The predicted octanol–water partition coefficient (Wildman–Crippen LogP) is 3.50. The molecule has 0 fully saturated rings. The first kappa shape index (κ1) is 18.0. The molecule has 0 spiro atoms. The minimum Gasteiger partial charge on any atom is -0.493 e. The van der Waals surface area contributed by atoms with Crippen molar-refractivity contribution >= 4 is 46.5 Å². The number of ether oxygens (including phenoxy) is 2. The highest BCUT2D eigenvalue weighted by Gasteiger charge is 2.20. The first-order chi connectivity index (χ1) is 12.5. The Morgan fingerprint density at radius 3 is 2.65 bits per heavy atom. The van der Waals surface area contributed by atoms with E-state index in [1.807, 2.05) is 0 Å². The summed E-state index contributed by atoms with van der Waals surface area (Å²) in [5, 5.41) is 0.505. The van der Waals surface area contributed by atoms with Crippen LogP contribution in [0.3, 0.4) is 0 Å². The van der Waals surface area contributed by atoms with E-state index in [9.17, 15) is 9.59 Å². The van der Waals surface area contributed by atoms with Gasteiger partial charge in [-0.2, -0.15) is 4.99 Å². The number of amidine groups is 1. The minimum atomic E-state index is -0.595. The van der Waals surface area contributed by atoms with E-state index in [-0.39, 0.29) is 22.4 Å². The van der Waals surface area contributed by atoms with Crippen LogP contribution in [-0.2, 0) is 4.79 Å². The molecule has 0 aliphatic carbocycles. The lowest BCUT2D eigenvalue weighted by Gasteiger charge is -2.10. The zero-order valence-electron chi connectivity index (χ0n) is 13.6. The fourth-order valence-electron chi connectivity index (χ4n) is 2.22. The highest BCUT2D eigenvalue weighted by atomic mass is 35.5. The number of nitrogens with zero attached hydrogens (tertiary/aromatic N) is 1. The lowest BCUT2D eigenvalue weighted by atomic mass is 10.2. The number of amides is 1. The summed E-state index contributed by atoms with van der Waals surface area (Å²) in [6.45, 7) is 0. The molecule has 0 atom stereocenters. The number of thioether (sulfide) groups is 1. The maximum Gasteiger partial charge on any atom is 0.345 e. The van der Waals surface area contributed by atoms with Crippen LogP contribution in [0, 0.1) is 0 Å². The van der Waals surface area contributed by atoms with Gasteiger partial charge in [0.1, 0.15) is 0 Å². The normalized spacial score (nSPS) is 15.1. The van der Waals surface area contributed by atoms with Crippen LogP contribution in [-0.4, -0.2) is 24.2 Å². The van der Waals surface area contributed by atoms with Crippen molar-refractivity contribution in [3.8, 4) is 11.5 Å². The van der Waals surface area contributed by atoms with Gasteiger partial charge in [0.25, 0.3) is 5.91 Å². The zero-order valence-corrected chi connectivity index (χ0v) is 15.1. The number of rotatable bonds is 4. The van der Waals surface area contributed by atoms with Gasteiger partial charge in [0, 0.05) is 0 Å². The molecule has 132 valence electrons. The SMILES string of the molecule is COc1cc(/C=C2/SC(N)=NC2=O)ccc1OC(=O)c1ccccc1Cl. The van der Waals surface area contributed by atoms with Gasteiger partial charge < -0.3 is 15.2 Å². The van der Waals surface area contributed by atoms with E-state index in [0.29, 0.717) is 21.2 Å². The molecule has 2 aromatic carbocycles. The van der Waals surface area contributed by atoms with Crippen LogP contribution in [0.15, 0.2) is 52.4 Å². The van der Waals surface area contributed by atoms with Gasteiger partial charge in [0.2, 0.25) is 0 Å². The van der Waals surface area contributed by atoms with Crippen molar-refractivity contribution in [3.63, 3.8) is 0 Å². The number of nitrogens with two attached hydrogens (primary N) is 1. The quantitative estimate of drug-likeness (QED) is 0.489. The molecule has 6 nitrogen and oxygen atoms in total. The summed E-state index contributed by atoms with van der Waals surface area (Å²) in [6, 6.07) is 11.5. The molecule has 1 aliphatic heterocycles. The molecule has 0 unspecified atom stereocenters. The van der Waals surface area contributed by atoms with Crippen molar-refractivity contribution in [2.24, 2.45) is 10.7 Å². The fourth-order valence-corrected chi connectivity index (χ4v) is 3.11. The topological polar surface area (TPSA) is 91.0 Å². The highest BCUT2D eigenvalue weighted by molar-refractivity contribution is 8.18. The van der Waals surface area contributed by atoms with Crippen LogP contribution >= 0.6 is 23.4 Å². The Kier molecular flexibility index (Phi) is 5.29. The molecule has 1 heterocycles. The summed E-state index contributed by atoms with van der Waals surface area (Å²) in [7, 11) is 1.45. The third kappa shape index (κ3) is 3.89. The minimum absolute atomic E-state index is 0.207. The Bertz CT molecular complexity index is 956. The predicted molar refractivity (Wildman–Crippen MR) is 102 cm³/mol. The Morgan fingerprint density at radius 2 is 2.00 bits per heavy atom. The first-order valence-corrected chi connectivity index (χ1v) is 8.60. The number of benzene rings is 2. The second kappa shape index (κ2) is 7.63. The van der Waals surface area contributed by atoms with Gasteiger partial charge in [-0.25, -0.2) is 4.79 Å². The molecule has 0 bridgehead atoms. The van der Waals surface area contributed by atoms with Crippen molar-refractivity contribution in [2.75, 3.05) is 7.11 Å². The molecule has 1 amide bonds. The monoisotopic (exact) mass is 388 g/mol. The van der Waals surface area contributed by atoms with Gasteiger partial charge in [-0.05, 0) is 47.7 Å². The lowest BCUT2D eigenvalue weighted by molar-refractivity contribution is -0.113. The van der Waals surface area contributed by atoms with E-state index in [1.54, 1.807) is 48.5 Å². The van der Waals surface area contributed by atoms with Crippen LogP contribution in [0.25, 0.3) is 6.08 Å². The number of hydrogen-bond donors (Lipinski definition) is 1. The molecular formula is C18H13ClN2O4S. The number of aliphatic imine (C=N–C) groups is 1. The number of carbonyl (C=O) groups excluding carboxylic acids is 2. The molecular weight excluding hydrogens is 376 g/mol. The van der Waals surface area contributed by atoms with Crippen LogP contribution in [0.1, 0.15) is 15.9 Å². The highest BCUT2D eigenvalue weighted by Crippen LogP contribution is 2.32. The summed E-state index contributed by atoms with van der Waals surface area (Å²) >= 11 is 7.10. The molecule has 0 radical (unpaired) electrons. The molecule has 0 aromatic heterocycles. The summed E-state index contributed by atoms with van der Waals surface area (Å²) in [4.78, 5) is 28.0. The maximum absolute atomic E-state index is 12.3. The van der Waals surface area contributed by atoms with Crippen molar-refractivity contribution < 1.29 is 19.1 Å². The second-order valence-corrected chi connectivity index (χ2v) is 6.61. The Balaban J connectivity index is 1.84. The summed E-state index contributed by atoms with van der Waals surface area (Å²) in [5.74, 6) is -0.409. The van der Waals surface area contributed by atoms with E-state index in [2.05, 4.69) is 4.99 Å². The number of methoxy groups -OCH3 is 1. The average molecular weight is 389 g/mol. The van der Waals surface area contributed by atoms with E-state index in [0.717, 1.165) is 11.8 Å². The molecule has 2 N–H and O–H groups in total. The van der Waals surface area contributed by atoms with Gasteiger partial charge in [-0.15, -0.1) is 0 Å². The lowest BCUT2D eigenvalue weighted by Crippen LogP contribution is -2.09. The van der Waals surface area contributed by atoms with E-state index in [4.69, 9.17) is 26.8 Å². The molecule has 3 rings (SSSR count). The van der Waals surface area contributed by atoms with Gasteiger partial charge in [-0.3, -0.25) is 4.79 Å². The molecule has 0 saturated heterocycles. The van der Waals surface area contributed by atoms with Crippen molar-refractivity contribution in [1.82, 2.24) is 0 Å².